The Kier molecular flexibility index (Phi) is 3.12. The standard InChI is InChI=1S/C11H17N5O/c1-4-9-7-10(15(3)14-9)13-11-12-5-6-16(11)8(2)17/h7H,4-6H2,1-3H3,(H,12,13). The number of hydrogen-bond donors (Lipinski definition) is 1. The van der Waals surface area contributed by atoms with Crippen LogP contribution in [0, 0.1) is 0 Å². The Morgan fingerprint density at radius 2 is 2.35 bits per heavy atom. The van der Waals surface area contributed by atoms with E-state index >= 15 is 0 Å². The van der Waals surface area contributed by atoms with Crippen molar-refractivity contribution in [3.05, 3.63) is 11.8 Å². The van der Waals surface area contributed by atoms with Crippen LogP contribution in [0.1, 0.15) is 19.5 Å². The highest BCUT2D eigenvalue weighted by atomic mass is 16.2. The van der Waals surface area contributed by atoms with Gasteiger partial charge in [0.05, 0.1) is 12.2 Å². The van der Waals surface area contributed by atoms with Crippen molar-refractivity contribution in [2.24, 2.45) is 12.0 Å². The molecule has 1 aliphatic rings. The van der Waals surface area contributed by atoms with Crippen molar-refractivity contribution in [1.29, 1.82) is 0 Å². The summed E-state index contributed by atoms with van der Waals surface area (Å²) >= 11 is 0. The maximum atomic E-state index is 11.4. The molecule has 17 heavy (non-hydrogen) atoms. The van der Waals surface area contributed by atoms with Crippen molar-refractivity contribution in [1.82, 2.24) is 14.7 Å². The van der Waals surface area contributed by atoms with Crippen LogP contribution in [0.3, 0.4) is 0 Å². The lowest BCUT2D eigenvalue weighted by atomic mass is 10.3. The van der Waals surface area contributed by atoms with Gasteiger partial charge in [-0.05, 0) is 6.42 Å². The lowest BCUT2D eigenvalue weighted by Crippen LogP contribution is -2.37. The highest BCUT2D eigenvalue weighted by Crippen LogP contribution is 2.12. The number of nitrogens with one attached hydrogen (secondary N) is 1. The summed E-state index contributed by atoms with van der Waals surface area (Å²) in [6.45, 7) is 4.90. The van der Waals surface area contributed by atoms with Crippen LogP contribution in [-0.4, -0.2) is 39.6 Å². The quantitative estimate of drug-likeness (QED) is 0.817. The third-order valence-corrected chi connectivity index (χ3v) is 2.75. The van der Waals surface area contributed by atoms with Gasteiger partial charge in [-0.3, -0.25) is 19.4 Å². The van der Waals surface area contributed by atoms with E-state index < -0.39 is 0 Å². The number of carbonyl (C=O) groups is 1. The average molecular weight is 235 g/mol. The summed E-state index contributed by atoms with van der Waals surface area (Å²) in [4.78, 5) is 17.3. The number of anilines is 1. The molecule has 0 spiro atoms. The average Bonchev–Trinajstić information content (AvgIpc) is 2.87. The molecule has 0 atom stereocenters. The largest absolute Gasteiger partial charge is 0.311 e. The molecule has 1 N–H and O–H groups in total. The van der Waals surface area contributed by atoms with Gasteiger partial charge in [0, 0.05) is 26.6 Å². The molecule has 1 aromatic rings. The fourth-order valence-electron chi connectivity index (χ4n) is 1.79. The van der Waals surface area contributed by atoms with Gasteiger partial charge < -0.3 is 5.32 Å². The molecule has 1 aromatic heterocycles. The number of guanidine groups is 1. The molecule has 6 heteroatoms. The molecule has 6 nitrogen and oxygen atoms in total. The van der Waals surface area contributed by atoms with Crippen molar-refractivity contribution in [3.8, 4) is 0 Å². The van der Waals surface area contributed by atoms with Gasteiger partial charge in [-0.25, -0.2) is 0 Å². The molecule has 0 saturated heterocycles. The van der Waals surface area contributed by atoms with Crippen molar-refractivity contribution in [2.45, 2.75) is 20.3 Å². The summed E-state index contributed by atoms with van der Waals surface area (Å²) in [5, 5.41) is 7.49. The summed E-state index contributed by atoms with van der Waals surface area (Å²) in [5.41, 5.74) is 1.02. The molecule has 1 amide bonds. The van der Waals surface area contributed by atoms with Gasteiger partial charge >= 0.3 is 0 Å². The minimum Gasteiger partial charge on any atom is -0.311 e. The number of nitrogens with zero attached hydrogens (tertiary/aromatic N) is 4. The van der Waals surface area contributed by atoms with Crippen LogP contribution in [0.5, 0.6) is 0 Å². The molecule has 0 unspecified atom stereocenters. The lowest BCUT2D eigenvalue weighted by molar-refractivity contribution is -0.124. The first-order valence-corrected chi connectivity index (χ1v) is 5.74. The number of carbonyl (C=O) groups excluding carboxylic acids is 1. The van der Waals surface area contributed by atoms with Crippen molar-refractivity contribution in [3.63, 3.8) is 0 Å². The molecule has 0 saturated carbocycles. The first-order chi connectivity index (χ1) is 8.11. The molecule has 0 radical (unpaired) electrons. The normalized spacial score (nSPS) is 15.0. The van der Waals surface area contributed by atoms with E-state index in [0.29, 0.717) is 19.0 Å². The maximum Gasteiger partial charge on any atom is 0.226 e. The molecule has 0 bridgehead atoms. The summed E-state index contributed by atoms with van der Waals surface area (Å²) in [6.07, 6.45) is 0.887. The fourth-order valence-corrected chi connectivity index (χ4v) is 1.79. The predicted molar refractivity (Wildman–Crippen MR) is 65.9 cm³/mol. The Balaban J connectivity index is 2.15. The molecule has 2 rings (SSSR count). The van der Waals surface area contributed by atoms with Gasteiger partial charge in [-0.1, -0.05) is 6.92 Å². The lowest BCUT2D eigenvalue weighted by Gasteiger charge is -2.16. The first kappa shape index (κ1) is 11.6. The topological polar surface area (TPSA) is 62.5 Å². The summed E-state index contributed by atoms with van der Waals surface area (Å²) in [6, 6.07) is 1.97. The second kappa shape index (κ2) is 4.57. The predicted octanol–water partition coefficient (Wildman–Crippen LogP) is 0.612. The van der Waals surface area contributed by atoms with E-state index in [1.807, 2.05) is 13.1 Å². The van der Waals surface area contributed by atoms with Crippen LogP contribution in [0.4, 0.5) is 5.82 Å². The van der Waals surface area contributed by atoms with Crippen molar-refractivity contribution < 1.29 is 4.79 Å². The second-order valence-corrected chi connectivity index (χ2v) is 4.00. The van der Waals surface area contributed by atoms with Gasteiger partial charge in [0.1, 0.15) is 5.82 Å². The van der Waals surface area contributed by atoms with Gasteiger partial charge in [0.15, 0.2) is 0 Å². The molecule has 0 fully saturated rings. The smallest absolute Gasteiger partial charge is 0.226 e. The zero-order valence-corrected chi connectivity index (χ0v) is 10.4. The van der Waals surface area contributed by atoms with E-state index in [1.165, 1.54) is 0 Å². The Morgan fingerprint density at radius 3 is 2.94 bits per heavy atom. The SMILES string of the molecule is CCc1cc(NC2=NCCN2C(C)=O)n(C)n1. The van der Waals surface area contributed by atoms with Gasteiger partial charge in [0.25, 0.3) is 0 Å². The van der Waals surface area contributed by atoms with E-state index in [2.05, 4.69) is 22.3 Å². The number of amides is 1. The second-order valence-electron chi connectivity index (χ2n) is 4.00. The number of aromatic nitrogens is 2. The van der Waals surface area contributed by atoms with Gasteiger partial charge in [0.2, 0.25) is 11.9 Å². The van der Waals surface area contributed by atoms with Crippen molar-refractivity contribution >= 4 is 17.7 Å². The fraction of sp³-hybridized carbons (Fsp3) is 0.545. The molecule has 1 aliphatic heterocycles. The summed E-state index contributed by atoms with van der Waals surface area (Å²) < 4.78 is 1.76. The molecule has 0 aliphatic carbocycles. The minimum atomic E-state index is 0.00614. The highest BCUT2D eigenvalue weighted by molar-refractivity contribution is 6.04. The van der Waals surface area contributed by atoms with E-state index in [9.17, 15) is 4.79 Å². The Hall–Kier alpha value is -1.85. The summed E-state index contributed by atoms with van der Waals surface area (Å²) in [7, 11) is 1.87. The Labute approximate surface area is 100 Å². The highest BCUT2D eigenvalue weighted by Gasteiger charge is 2.21. The van der Waals surface area contributed by atoms with Gasteiger partial charge in [-0.2, -0.15) is 5.10 Å². The number of rotatable bonds is 2. The molecule has 0 aromatic carbocycles. The van der Waals surface area contributed by atoms with Crippen LogP contribution in [0.2, 0.25) is 0 Å². The van der Waals surface area contributed by atoms with E-state index in [4.69, 9.17) is 0 Å². The zero-order chi connectivity index (χ0) is 12.4. The van der Waals surface area contributed by atoms with Crippen LogP contribution in [-0.2, 0) is 18.3 Å². The first-order valence-electron chi connectivity index (χ1n) is 5.74. The number of aliphatic imine (C=N–C) groups is 1. The molecule has 2 heterocycles. The molecular weight excluding hydrogens is 218 g/mol. The van der Waals surface area contributed by atoms with Crippen LogP contribution < -0.4 is 5.32 Å². The van der Waals surface area contributed by atoms with Crippen LogP contribution in [0.25, 0.3) is 0 Å². The molecular formula is C11H17N5O. The van der Waals surface area contributed by atoms with Crippen molar-refractivity contribution in [2.75, 3.05) is 18.4 Å². The Bertz CT molecular complexity index is 462. The number of aryl methyl sites for hydroxylation is 2. The van der Waals surface area contributed by atoms with Gasteiger partial charge in [-0.15, -0.1) is 0 Å². The third-order valence-electron chi connectivity index (χ3n) is 2.75. The maximum absolute atomic E-state index is 11.4. The van der Waals surface area contributed by atoms with E-state index in [0.717, 1.165) is 17.9 Å². The Morgan fingerprint density at radius 1 is 1.59 bits per heavy atom. The summed E-state index contributed by atoms with van der Waals surface area (Å²) in [5.74, 6) is 1.48. The monoisotopic (exact) mass is 235 g/mol. The third kappa shape index (κ3) is 2.30. The van der Waals surface area contributed by atoms with E-state index in [1.54, 1.807) is 16.5 Å². The van der Waals surface area contributed by atoms with Crippen LogP contribution >= 0.6 is 0 Å². The van der Waals surface area contributed by atoms with Crippen LogP contribution in [0.15, 0.2) is 11.1 Å². The minimum absolute atomic E-state index is 0.00614. The zero-order valence-electron chi connectivity index (χ0n) is 10.4. The van der Waals surface area contributed by atoms with E-state index in [-0.39, 0.29) is 5.91 Å². The number of hydrogen-bond acceptors (Lipinski definition) is 4. The molecule has 92 valence electrons.